The predicted molar refractivity (Wildman–Crippen MR) is 97.4 cm³/mol. The van der Waals surface area contributed by atoms with Crippen LogP contribution in [0, 0.1) is 5.92 Å². The van der Waals surface area contributed by atoms with Gasteiger partial charge < -0.3 is 15.0 Å². The van der Waals surface area contributed by atoms with Crippen LogP contribution in [0.3, 0.4) is 0 Å². The van der Waals surface area contributed by atoms with E-state index in [1.807, 2.05) is 54.6 Å². The van der Waals surface area contributed by atoms with Crippen LogP contribution in [0.25, 0.3) is 0 Å². The molecule has 2 aromatic rings. The molecule has 2 atom stereocenters. The number of carbonyl (C=O) groups is 2. The SMILES string of the molecule is O=C(NC1CCOc2ccccc21)C1CC(=O)N(Cc2ccccc2)C1. The molecule has 26 heavy (non-hydrogen) atoms. The zero-order chi connectivity index (χ0) is 17.9. The third-order valence-corrected chi connectivity index (χ3v) is 5.08. The summed E-state index contributed by atoms with van der Waals surface area (Å²) in [5, 5.41) is 3.12. The molecule has 1 fully saturated rings. The van der Waals surface area contributed by atoms with E-state index in [4.69, 9.17) is 4.74 Å². The van der Waals surface area contributed by atoms with Gasteiger partial charge in [0.15, 0.2) is 0 Å². The largest absolute Gasteiger partial charge is 0.493 e. The number of carbonyl (C=O) groups excluding carboxylic acids is 2. The van der Waals surface area contributed by atoms with Crippen molar-refractivity contribution in [3.8, 4) is 5.75 Å². The Balaban J connectivity index is 1.40. The van der Waals surface area contributed by atoms with Crippen molar-refractivity contribution in [1.29, 1.82) is 0 Å². The minimum absolute atomic E-state index is 0.0429. The molecular formula is C21H22N2O3. The Kier molecular flexibility index (Phi) is 4.61. The Morgan fingerprint density at radius 1 is 1.12 bits per heavy atom. The van der Waals surface area contributed by atoms with Crippen molar-refractivity contribution < 1.29 is 14.3 Å². The summed E-state index contributed by atoms with van der Waals surface area (Å²) in [6.45, 7) is 1.62. The van der Waals surface area contributed by atoms with E-state index in [-0.39, 0.29) is 30.2 Å². The Morgan fingerprint density at radius 3 is 2.73 bits per heavy atom. The number of nitrogens with zero attached hydrogens (tertiary/aromatic N) is 1. The number of hydrogen-bond donors (Lipinski definition) is 1. The number of likely N-dealkylation sites (tertiary alicyclic amines) is 1. The van der Waals surface area contributed by atoms with E-state index in [2.05, 4.69) is 5.32 Å². The van der Waals surface area contributed by atoms with Gasteiger partial charge in [-0.05, 0) is 11.6 Å². The molecule has 5 heteroatoms. The molecule has 4 rings (SSSR count). The Hall–Kier alpha value is -2.82. The van der Waals surface area contributed by atoms with Crippen molar-refractivity contribution in [2.45, 2.75) is 25.4 Å². The first kappa shape index (κ1) is 16.6. The maximum atomic E-state index is 12.7. The van der Waals surface area contributed by atoms with Crippen molar-refractivity contribution in [3.63, 3.8) is 0 Å². The number of hydrogen-bond acceptors (Lipinski definition) is 3. The lowest BCUT2D eigenvalue weighted by Gasteiger charge is -2.27. The second-order valence-corrected chi connectivity index (χ2v) is 6.90. The topological polar surface area (TPSA) is 58.6 Å². The maximum absolute atomic E-state index is 12.7. The summed E-state index contributed by atoms with van der Waals surface area (Å²) in [5.74, 6) is 0.537. The average molecular weight is 350 g/mol. The third-order valence-electron chi connectivity index (χ3n) is 5.08. The lowest BCUT2D eigenvalue weighted by molar-refractivity contribution is -0.129. The van der Waals surface area contributed by atoms with E-state index in [0.29, 0.717) is 19.7 Å². The number of benzene rings is 2. The molecule has 2 aliphatic heterocycles. The summed E-state index contributed by atoms with van der Waals surface area (Å²) in [6.07, 6.45) is 1.03. The molecule has 0 saturated carbocycles. The highest BCUT2D eigenvalue weighted by Crippen LogP contribution is 2.32. The number of nitrogens with one attached hydrogen (secondary N) is 1. The number of rotatable bonds is 4. The summed E-state index contributed by atoms with van der Waals surface area (Å²) in [7, 11) is 0. The quantitative estimate of drug-likeness (QED) is 0.922. The third kappa shape index (κ3) is 3.43. The Labute approximate surface area is 153 Å². The van der Waals surface area contributed by atoms with Gasteiger partial charge in [-0.25, -0.2) is 0 Å². The van der Waals surface area contributed by atoms with Gasteiger partial charge in [0.05, 0.1) is 18.6 Å². The summed E-state index contributed by atoms with van der Waals surface area (Å²) in [4.78, 5) is 26.8. The van der Waals surface area contributed by atoms with Gasteiger partial charge in [0.25, 0.3) is 0 Å². The maximum Gasteiger partial charge on any atom is 0.225 e. The molecule has 0 aromatic heterocycles. The van der Waals surface area contributed by atoms with Crippen LogP contribution in [0.4, 0.5) is 0 Å². The van der Waals surface area contributed by atoms with Gasteiger partial charge in [-0.1, -0.05) is 48.5 Å². The standard InChI is InChI=1S/C21H22N2O3/c24-20-12-16(14-23(20)13-15-6-2-1-3-7-15)21(25)22-18-10-11-26-19-9-5-4-8-17(18)19/h1-9,16,18H,10-14H2,(H,22,25). The number of para-hydroxylation sites is 1. The van der Waals surface area contributed by atoms with Crippen LogP contribution in [0.5, 0.6) is 5.75 Å². The van der Waals surface area contributed by atoms with Gasteiger partial charge >= 0.3 is 0 Å². The highest BCUT2D eigenvalue weighted by atomic mass is 16.5. The average Bonchev–Trinajstić information content (AvgIpc) is 3.03. The van der Waals surface area contributed by atoms with E-state index in [0.717, 1.165) is 23.3 Å². The first-order chi connectivity index (χ1) is 12.7. The van der Waals surface area contributed by atoms with Crippen LogP contribution in [0.2, 0.25) is 0 Å². The highest BCUT2D eigenvalue weighted by Gasteiger charge is 2.35. The molecule has 5 nitrogen and oxygen atoms in total. The van der Waals surface area contributed by atoms with Gasteiger partial charge in [0.2, 0.25) is 11.8 Å². The van der Waals surface area contributed by atoms with E-state index >= 15 is 0 Å². The van der Waals surface area contributed by atoms with Crippen molar-refractivity contribution in [2.75, 3.05) is 13.2 Å². The van der Waals surface area contributed by atoms with Crippen LogP contribution >= 0.6 is 0 Å². The minimum atomic E-state index is -0.291. The Bertz CT molecular complexity index is 806. The molecule has 2 aromatic carbocycles. The summed E-state index contributed by atoms with van der Waals surface area (Å²) in [5.41, 5.74) is 2.10. The second-order valence-electron chi connectivity index (χ2n) is 6.90. The van der Waals surface area contributed by atoms with Crippen LogP contribution in [0.15, 0.2) is 54.6 Å². The summed E-state index contributed by atoms with van der Waals surface area (Å²) in [6, 6.07) is 17.6. The minimum Gasteiger partial charge on any atom is -0.493 e. The van der Waals surface area contributed by atoms with E-state index < -0.39 is 0 Å². The molecule has 0 spiro atoms. The molecule has 1 saturated heterocycles. The highest BCUT2D eigenvalue weighted by molar-refractivity contribution is 5.89. The van der Waals surface area contributed by atoms with E-state index in [9.17, 15) is 9.59 Å². The predicted octanol–water partition coefficient (Wildman–Crippen LogP) is 2.68. The fraction of sp³-hybridized carbons (Fsp3) is 0.333. The molecule has 1 N–H and O–H groups in total. The molecule has 2 aliphatic rings. The lowest BCUT2D eigenvalue weighted by atomic mass is 9.99. The smallest absolute Gasteiger partial charge is 0.225 e. The fourth-order valence-electron chi connectivity index (χ4n) is 3.69. The second kappa shape index (κ2) is 7.20. The lowest BCUT2D eigenvalue weighted by Crippen LogP contribution is -2.37. The van der Waals surface area contributed by atoms with Crippen molar-refractivity contribution in [3.05, 3.63) is 65.7 Å². The zero-order valence-corrected chi connectivity index (χ0v) is 14.6. The van der Waals surface area contributed by atoms with Crippen LogP contribution in [-0.4, -0.2) is 29.9 Å². The van der Waals surface area contributed by atoms with Gasteiger partial charge in [-0.3, -0.25) is 9.59 Å². The van der Waals surface area contributed by atoms with Crippen LogP contribution < -0.4 is 10.1 Å². The normalized spacial score (nSPS) is 21.8. The molecule has 0 radical (unpaired) electrons. The van der Waals surface area contributed by atoms with Gasteiger partial charge in [0, 0.05) is 31.5 Å². The van der Waals surface area contributed by atoms with Gasteiger partial charge in [-0.15, -0.1) is 0 Å². The molecule has 2 heterocycles. The van der Waals surface area contributed by atoms with E-state index in [1.54, 1.807) is 4.90 Å². The first-order valence-electron chi connectivity index (χ1n) is 9.04. The number of ether oxygens (including phenoxy) is 1. The van der Waals surface area contributed by atoms with Crippen molar-refractivity contribution >= 4 is 11.8 Å². The monoisotopic (exact) mass is 350 g/mol. The summed E-state index contributed by atoms with van der Waals surface area (Å²) < 4.78 is 5.65. The molecular weight excluding hydrogens is 328 g/mol. The van der Waals surface area contributed by atoms with Crippen LogP contribution in [0.1, 0.15) is 30.0 Å². The molecule has 0 bridgehead atoms. The molecule has 134 valence electrons. The van der Waals surface area contributed by atoms with Gasteiger partial charge in [-0.2, -0.15) is 0 Å². The molecule has 0 aliphatic carbocycles. The zero-order valence-electron chi connectivity index (χ0n) is 14.6. The fourth-order valence-corrected chi connectivity index (χ4v) is 3.69. The molecule has 2 unspecified atom stereocenters. The number of amides is 2. The van der Waals surface area contributed by atoms with Crippen LogP contribution in [-0.2, 0) is 16.1 Å². The molecule has 2 amide bonds. The Morgan fingerprint density at radius 2 is 1.88 bits per heavy atom. The van der Waals surface area contributed by atoms with Crippen molar-refractivity contribution in [2.24, 2.45) is 5.92 Å². The van der Waals surface area contributed by atoms with Crippen molar-refractivity contribution in [1.82, 2.24) is 10.2 Å². The van der Waals surface area contributed by atoms with Gasteiger partial charge in [0.1, 0.15) is 5.75 Å². The van der Waals surface area contributed by atoms with E-state index in [1.165, 1.54) is 0 Å². The first-order valence-corrected chi connectivity index (χ1v) is 9.04. The number of fused-ring (bicyclic) bond motifs is 1. The summed E-state index contributed by atoms with van der Waals surface area (Å²) >= 11 is 0.